The Hall–Kier alpha value is -5.94. The molecule has 0 spiro atoms. The molecule has 250 valence electrons. The minimum atomic E-state index is -1.74. The third-order valence-corrected chi connectivity index (χ3v) is 8.00. The van der Waals surface area contributed by atoms with Gasteiger partial charge in [-0.15, -0.1) is 0 Å². The third-order valence-electron chi connectivity index (χ3n) is 8.00. The maximum atomic E-state index is 14.7. The summed E-state index contributed by atoms with van der Waals surface area (Å²) in [6.45, 7) is -0.0645. The molecule has 0 saturated heterocycles. The summed E-state index contributed by atoms with van der Waals surface area (Å²) in [6.07, 6.45) is -0.668. The molecule has 1 aliphatic heterocycles. The van der Waals surface area contributed by atoms with Crippen molar-refractivity contribution in [1.82, 2.24) is 5.32 Å². The minimum absolute atomic E-state index is 0.00614. The highest BCUT2D eigenvalue weighted by Crippen LogP contribution is 2.44. The maximum Gasteiger partial charge on any atom is 0.252 e. The van der Waals surface area contributed by atoms with Gasteiger partial charge in [-0.05, 0) is 75.8 Å². The number of carbonyl (C=O) groups excluding carboxylic acids is 1. The first-order valence-corrected chi connectivity index (χ1v) is 15.4. The van der Waals surface area contributed by atoms with Crippen LogP contribution in [0.4, 0.5) is 8.78 Å². The molecule has 49 heavy (non-hydrogen) atoms. The zero-order valence-corrected chi connectivity index (χ0v) is 26.2. The number of hydrogen-bond acceptors (Lipinski definition) is 7. The molecule has 0 bridgehead atoms. The van der Waals surface area contributed by atoms with Crippen LogP contribution in [0.15, 0.2) is 106 Å². The molecule has 14 heteroatoms. The van der Waals surface area contributed by atoms with Gasteiger partial charge >= 0.3 is 0 Å². The van der Waals surface area contributed by atoms with Crippen LogP contribution in [0.2, 0.25) is 0 Å². The van der Waals surface area contributed by atoms with Gasteiger partial charge in [-0.1, -0.05) is 58.8 Å². The van der Waals surface area contributed by atoms with Crippen molar-refractivity contribution in [2.24, 2.45) is 15.2 Å². The van der Waals surface area contributed by atoms with Crippen LogP contribution in [0.1, 0.15) is 45.9 Å². The lowest BCUT2D eigenvalue weighted by molar-refractivity contribution is -0.129. The van der Waals surface area contributed by atoms with Crippen LogP contribution in [0.3, 0.4) is 0 Å². The SMILES string of the molecule is [N-]=[N+]=NCc1ccccc1C[C@@]1(C(=O)NCc2cc(F)ccc2F)N=C(c2ccc(OCCCO)cc2)O[C@@H]1c1ccccc1CN=[N+]=[N-]. The number of carbonyl (C=O) groups is 1. The number of aliphatic imine (C=N–C) groups is 1. The molecule has 0 radical (unpaired) electrons. The largest absolute Gasteiger partial charge is 0.494 e. The zero-order chi connectivity index (χ0) is 34.6. The molecule has 0 saturated carbocycles. The second-order valence-corrected chi connectivity index (χ2v) is 11.1. The monoisotopic (exact) mass is 666 g/mol. The Balaban J connectivity index is 1.65. The first-order chi connectivity index (χ1) is 23.9. The van der Waals surface area contributed by atoms with Gasteiger partial charge in [0.2, 0.25) is 5.90 Å². The van der Waals surface area contributed by atoms with Gasteiger partial charge in [0.15, 0.2) is 11.6 Å². The molecule has 1 heterocycles. The number of amides is 1. The number of nitrogens with one attached hydrogen (secondary N) is 1. The standard InChI is InChI=1S/C35H32F2N8O4/c36-28-12-15-31(37)27(18-28)20-40-34(47)35(19-24-6-1-2-7-25(24)21-41-44-38)32(30-9-4-3-8-26(30)22-42-45-39)49-33(43-35)23-10-13-29(14-11-23)48-17-5-16-46/h1-4,6-15,18,32,46H,5,16-17,19-22H2,(H,40,47)/t32-,35-/m1/s1. The molecule has 0 unspecified atom stereocenters. The van der Waals surface area contributed by atoms with Crippen molar-refractivity contribution in [2.45, 2.75) is 44.1 Å². The molecule has 1 amide bonds. The lowest BCUT2D eigenvalue weighted by atomic mass is 9.79. The first-order valence-electron chi connectivity index (χ1n) is 15.4. The smallest absolute Gasteiger partial charge is 0.252 e. The molecule has 4 aromatic rings. The van der Waals surface area contributed by atoms with Crippen LogP contribution >= 0.6 is 0 Å². The van der Waals surface area contributed by atoms with Crippen molar-refractivity contribution < 1.29 is 28.2 Å². The molecule has 4 aromatic carbocycles. The van der Waals surface area contributed by atoms with E-state index in [9.17, 15) is 13.6 Å². The van der Waals surface area contributed by atoms with Crippen molar-refractivity contribution in [2.75, 3.05) is 13.2 Å². The predicted octanol–water partition coefficient (Wildman–Crippen LogP) is 7.16. The van der Waals surface area contributed by atoms with Gasteiger partial charge in [-0.3, -0.25) is 4.79 Å². The summed E-state index contributed by atoms with van der Waals surface area (Å²) < 4.78 is 41.0. The van der Waals surface area contributed by atoms with Crippen LogP contribution in [0, 0.1) is 11.6 Å². The molecular weight excluding hydrogens is 634 g/mol. The summed E-state index contributed by atoms with van der Waals surface area (Å²) >= 11 is 0. The summed E-state index contributed by atoms with van der Waals surface area (Å²) in [5.74, 6) is -1.31. The lowest BCUT2D eigenvalue weighted by Crippen LogP contribution is -2.50. The molecule has 2 atom stereocenters. The van der Waals surface area contributed by atoms with Crippen molar-refractivity contribution in [3.8, 4) is 5.75 Å². The highest BCUT2D eigenvalue weighted by Gasteiger charge is 2.54. The normalized spacial score (nSPS) is 16.5. The molecular formula is C35H32F2N8O4. The minimum Gasteiger partial charge on any atom is -0.494 e. The molecule has 5 rings (SSSR count). The van der Waals surface area contributed by atoms with Crippen molar-refractivity contribution >= 4 is 11.8 Å². The van der Waals surface area contributed by atoms with Gasteiger partial charge in [-0.25, -0.2) is 13.8 Å². The highest BCUT2D eigenvalue weighted by atomic mass is 19.1. The Bertz CT molecular complexity index is 1930. The van der Waals surface area contributed by atoms with E-state index in [1.807, 2.05) is 0 Å². The summed E-state index contributed by atoms with van der Waals surface area (Å²) in [5, 5.41) is 19.3. The Morgan fingerprint density at radius 2 is 1.59 bits per heavy atom. The van der Waals surface area contributed by atoms with Crippen LogP contribution in [-0.4, -0.2) is 35.7 Å². The van der Waals surface area contributed by atoms with Crippen LogP contribution in [0.25, 0.3) is 20.9 Å². The van der Waals surface area contributed by atoms with E-state index in [1.165, 1.54) is 0 Å². The second-order valence-electron chi connectivity index (χ2n) is 11.1. The van der Waals surface area contributed by atoms with E-state index >= 15 is 0 Å². The number of hydrogen-bond donors (Lipinski definition) is 2. The summed E-state index contributed by atoms with van der Waals surface area (Å²) in [7, 11) is 0. The fourth-order valence-corrected chi connectivity index (χ4v) is 5.59. The van der Waals surface area contributed by atoms with E-state index in [4.69, 9.17) is 30.6 Å². The predicted molar refractivity (Wildman–Crippen MR) is 177 cm³/mol. The topological polar surface area (TPSA) is 178 Å². The molecule has 1 aliphatic rings. The molecule has 0 fully saturated rings. The maximum absolute atomic E-state index is 14.7. The van der Waals surface area contributed by atoms with E-state index in [-0.39, 0.29) is 44.1 Å². The van der Waals surface area contributed by atoms with Crippen LogP contribution < -0.4 is 10.1 Å². The first kappa shape index (κ1) is 34.4. The number of aliphatic hydroxyl groups excluding tert-OH is 1. The molecule has 0 aromatic heterocycles. The van der Waals surface area contributed by atoms with E-state index in [0.717, 1.165) is 18.2 Å². The number of benzene rings is 4. The Kier molecular flexibility index (Phi) is 11.4. The summed E-state index contributed by atoms with van der Waals surface area (Å²) in [6, 6.07) is 24.0. The number of nitrogens with zero attached hydrogens (tertiary/aromatic N) is 7. The second kappa shape index (κ2) is 16.2. The van der Waals surface area contributed by atoms with Crippen molar-refractivity contribution in [1.29, 1.82) is 0 Å². The van der Waals surface area contributed by atoms with Gasteiger partial charge in [0, 0.05) is 46.9 Å². The summed E-state index contributed by atoms with van der Waals surface area (Å²) in [4.78, 5) is 25.4. The average Bonchev–Trinajstić information content (AvgIpc) is 3.51. The zero-order valence-electron chi connectivity index (χ0n) is 26.2. The van der Waals surface area contributed by atoms with Crippen LogP contribution in [-0.2, 0) is 35.6 Å². The summed E-state index contributed by atoms with van der Waals surface area (Å²) in [5.41, 5.74) is 19.3. The van der Waals surface area contributed by atoms with Crippen molar-refractivity contribution in [3.05, 3.63) is 157 Å². The highest BCUT2D eigenvalue weighted by molar-refractivity contribution is 6.01. The molecule has 12 nitrogen and oxygen atoms in total. The fraction of sp³-hybridized carbons (Fsp3) is 0.257. The molecule has 0 aliphatic carbocycles. The number of azide groups is 2. The number of aliphatic hydroxyl groups is 1. The van der Waals surface area contributed by atoms with Crippen LogP contribution in [0.5, 0.6) is 5.75 Å². The van der Waals surface area contributed by atoms with Gasteiger partial charge in [0.25, 0.3) is 5.91 Å². The lowest BCUT2D eigenvalue weighted by Gasteiger charge is -2.32. The van der Waals surface area contributed by atoms with E-state index in [1.54, 1.807) is 72.8 Å². The molecule has 2 N–H and O–H groups in total. The third kappa shape index (κ3) is 8.14. The van der Waals surface area contributed by atoms with E-state index in [0.29, 0.717) is 46.6 Å². The average molecular weight is 667 g/mol. The van der Waals surface area contributed by atoms with Gasteiger partial charge in [0.05, 0.1) is 19.7 Å². The van der Waals surface area contributed by atoms with Gasteiger partial charge in [-0.2, -0.15) is 0 Å². The Morgan fingerprint density at radius 1 is 0.918 bits per heavy atom. The fourth-order valence-electron chi connectivity index (χ4n) is 5.59. The quantitative estimate of drug-likeness (QED) is 0.0592. The van der Waals surface area contributed by atoms with Crippen molar-refractivity contribution in [3.63, 3.8) is 0 Å². The Labute approximate surface area is 280 Å². The number of rotatable bonds is 15. The van der Waals surface area contributed by atoms with Gasteiger partial charge < -0.3 is 19.9 Å². The number of halogens is 2. The van der Waals surface area contributed by atoms with E-state index < -0.39 is 29.2 Å². The number of ether oxygens (including phenoxy) is 2. The Morgan fingerprint density at radius 3 is 2.31 bits per heavy atom. The van der Waals surface area contributed by atoms with E-state index in [2.05, 4.69) is 25.4 Å². The van der Waals surface area contributed by atoms with Gasteiger partial charge in [0.1, 0.15) is 17.4 Å².